The molecule has 0 radical (unpaired) electrons. The number of sulfonamides is 1. The van der Waals surface area contributed by atoms with Gasteiger partial charge in [0.05, 0.1) is 6.20 Å². The Morgan fingerprint density at radius 1 is 1.38 bits per heavy atom. The van der Waals surface area contributed by atoms with Gasteiger partial charge in [0, 0.05) is 25.4 Å². The Morgan fingerprint density at radius 3 is 2.81 bits per heavy atom. The average molecular weight is 305 g/mol. The molecule has 0 amide bonds. The molecule has 0 bridgehead atoms. The van der Waals surface area contributed by atoms with Gasteiger partial charge in [0.2, 0.25) is 10.0 Å². The van der Waals surface area contributed by atoms with E-state index in [1.54, 1.807) is 6.07 Å². The maximum absolute atomic E-state index is 12.3. The van der Waals surface area contributed by atoms with Crippen LogP contribution in [0.1, 0.15) is 11.1 Å². The molecule has 0 spiro atoms. The number of aliphatic hydroxyl groups is 1. The highest BCUT2D eigenvalue weighted by Gasteiger charge is 2.22. The summed E-state index contributed by atoms with van der Waals surface area (Å²) >= 11 is 0. The van der Waals surface area contributed by atoms with Gasteiger partial charge >= 0.3 is 0 Å². The Balaban J connectivity index is 2.26. The molecule has 2 aromatic rings. The molecule has 1 aromatic carbocycles. The highest BCUT2D eigenvalue weighted by molar-refractivity contribution is 7.89. The van der Waals surface area contributed by atoms with E-state index in [1.807, 2.05) is 18.2 Å². The van der Waals surface area contributed by atoms with E-state index < -0.39 is 10.0 Å². The minimum atomic E-state index is -3.59. The van der Waals surface area contributed by atoms with Crippen LogP contribution in [0.4, 0.5) is 0 Å². The summed E-state index contributed by atoms with van der Waals surface area (Å²) in [5, 5.41) is 14.9. The van der Waals surface area contributed by atoms with Crippen molar-refractivity contribution in [3.8, 4) is 11.8 Å². The smallest absolute Gasteiger partial charge is 0.246 e. The Bertz CT molecular complexity index is 758. The van der Waals surface area contributed by atoms with Gasteiger partial charge < -0.3 is 5.11 Å². The lowest BCUT2D eigenvalue weighted by Gasteiger charge is -2.16. The lowest BCUT2D eigenvalue weighted by molar-refractivity contribution is 0.350. The number of aromatic nitrogens is 2. The van der Waals surface area contributed by atoms with Gasteiger partial charge in [-0.05, 0) is 11.6 Å². The molecule has 0 aliphatic heterocycles. The summed E-state index contributed by atoms with van der Waals surface area (Å²) in [6.45, 7) is -0.0543. The Morgan fingerprint density at radius 2 is 2.14 bits per heavy atom. The molecule has 0 saturated heterocycles. The summed E-state index contributed by atoms with van der Waals surface area (Å²) in [5.74, 6) is 5.38. The number of hydrogen-bond acceptors (Lipinski definition) is 4. The van der Waals surface area contributed by atoms with Gasteiger partial charge in [-0.2, -0.15) is 9.40 Å². The lowest BCUT2D eigenvalue weighted by Crippen LogP contribution is -2.26. The molecular weight excluding hydrogens is 290 g/mol. The van der Waals surface area contributed by atoms with E-state index in [0.717, 1.165) is 5.56 Å². The standard InChI is InChI=1S/C14H15N3O3S/c1-17(21(19,20)14-9-15-16-10-14)11-13-6-3-2-5-12(13)7-4-8-18/h2-3,5-6,9-10,18H,8,11H2,1H3,(H,15,16). The second kappa shape index (κ2) is 6.54. The SMILES string of the molecule is CN(Cc1ccccc1C#CCO)S(=O)(=O)c1cn[nH]c1. The van der Waals surface area contributed by atoms with Crippen LogP contribution in [0, 0.1) is 11.8 Å². The lowest BCUT2D eigenvalue weighted by atomic mass is 10.1. The number of nitrogens with zero attached hydrogens (tertiary/aromatic N) is 2. The molecule has 2 rings (SSSR count). The van der Waals surface area contributed by atoms with E-state index in [9.17, 15) is 8.42 Å². The molecule has 1 heterocycles. The predicted molar refractivity (Wildman–Crippen MR) is 77.6 cm³/mol. The highest BCUT2D eigenvalue weighted by atomic mass is 32.2. The fourth-order valence-corrected chi connectivity index (χ4v) is 2.86. The Labute approximate surface area is 123 Å². The number of nitrogens with one attached hydrogen (secondary N) is 1. The second-order valence-corrected chi connectivity index (χ2v) is 6.36. The van der Waals surface area contributed by atoms with Crippen LogP contribution >= 0.6 is 0 Å². The van der Waals surface area contributed by atoms with E-state index >= 15 is 0 Å². The van der Waals surface area contributed by atoms with Crippen molar-refractivity contribution in [1.82, 2.24) is 14.5 Å². The second-order valence-electron chi connectivity index (χ2n) is 4.31. The number of aliphatic hydroxyl groups excluding tert-OH is 1. The molecule has 7 heteroatoms. The zero-order valence-corrected chi connectivity index (χ0v) is 12.3. The van der Waals surface area contributed by atoms with Crippen LogP contribution in [0.2, 0.25) is 0 Å². The van der Waals surface area contributed by atoms with Crippen molar-refractivity contribution >= 4 is 10.0 Å². The number of rotatable bonds is 4. The van der Waals surface area contributed by atoms with Crippen LogP contribution in [0.5, 0.6) is 0 Å². The van der Waals surface area contributed by atoms with E-state index in [-0.39, 0.29) is 18.0 Å². The molecule has 0 aliphatic carbocycles. The van der Waals surface area contributed by atoms with Gasteiger partial charge in [0.15, 0.2) is 0 Å². The summed E-state index contributed by atoms with van der Waals surface area (Å²) in [6, 6.07) is 7.23. The summed E-state index contributed by atoms with van der Waals surface area (Å²) in [4.78, 5) is 0.115. The molecule has 21 heavy (non-hydrogen) atoms. The van der Waals surface area contributed by atoms with Gasteiger partial charge in [-0.25, -0.2) is 8.42 Å². The van der Waals surface area contributed by atoms with Crippen LogP contribution in [0.3, 0.4) is 0 Å². The summed E-state index contributed by atoms with van der Waals surface area (Å²) in [5.41, 5.74) is 1.47. The third-order valence-electron chi connectivity index (χ3n) is 2.89. The zero-order valence-electron chi connectivity index (χ0n) is 11.4. The van der Waals surface area contributed by atoms with Gasteiger partial charge in [0.25, 0.3) is 0 Å². The molecular formula is C14H15N3O3S. The molecule has 1 aromatic heterocycles. The van der Waals surface area contributed by atoms with Crippen molar-refractivity contribution in [3.05, 3.63) is 47.8 Å². The molecule has 0 fully saturated rings. The quantitative estimate of drug-likeness (QED) is 0.809. The average Bonchev–Trinajstić information content (AvgIpc) is 3.01. The first-order valence-corrected chi connectivity index (χ1v) is 7.62. The maximum atomic E-state index is 12.3. The van der Waals surface area contributed by atoms with E-state index in [0.29, 0.717) is 5.56 Å². The predicted octanol–water partition coefficient (Wildman–Crippen LogP) is 0.574. The summed E-state index contributed by atoms with van der Waals surface area (Å²) in [6.07, 6.45) is 2.60. The fraction of sp³-hybridized carbons (Fsp3) is 0.214. The molecule has 0 unspecified atom stereocenters. The Hall–Kier alpha value is -2.14. The monoisotopic (exact) mass is 305 g/mol. The number of H-pyrrole nitrogens is 1. The fourth-order valence-electron chi connectivity index (χ4n) is 1.80. The highest BCUT2D eigenvalue weighted by Crippen LogP contribution is 2.17. The minimum absolute atomic E-state index is 0.115. The van der Waals surface area contributed by atoms with Crippen LogP contribution in [0.25, 0.3) is 0 Å². The first kappa shape index (κ1) is 15.3. The normalized spacial score (nSPS) is 11.2. The number of benzene rings is 1. The molecule has 0 atom stereocenters. The first-order chi connectivity index (χ1) is 10.1. The third kappa shape index (κ3) is 3.49. The van der Waals surface area contributed by atoms with Crippen LogP contribution in [-0.4, -0.2) is 41.7 Å². The largest absolute Gasteiger partial charge is 0.384 e. The van der Waals surface area contributed by atoms with Crippen molar-refractivity contribution in [2.75, 3.05) is 13.7 Å². The van der Waals surface area contributed by atoms with Crippen LogP contribution in [0.15, 0.2) is 41.6 Å². The van der Waals surface area contributed by atoms with E-state index in [1.165, 1.54) is 23.7 Å². The molecule has 6 nitrogen and oxygen atoms in total. The van der Waals surface area contributed by atoms with Gasteiger partial charge in [-0.15, -0.1) is 0 Å². The number of aromatic amines is 1. The van der Waals surface area contributed by atoms with Crippen molar-refractivity contribution in [1.29, 1.82) is 0 Å². The van der Waals surface area contributed by atoms with E-state index in [4.69, 9.17) is 5.11 Å². The minimum Gasteiger partial charge on any atom is -0.384 e. The van der Waals surface area contributed by atoms with Crippen molar-refractivity contribution in [2.45, 2.75) is 11.4 Å². The van der Waals surface area contributed by atoms with Gasteiger partial charge in [0.1, 0.15) is 11.5 Å². The summed E-state index contributed by atoms with van der Waals surface area (Å²) in [7, 11) is -2.09. The van der Waals surface area contributed by atoms with E-state index in [2.05, 4.69) is 22.0 Å². The number of hydrogen-bond donors (Lipinski definition) is 2. The summed E-state index contributed by atoms with van der Waals surface area (Å²) < 4.78 is 25.9. The third-order valence-corrected chi connectivity index (χ3v) is 4.66. The first-order valence-electron chi connectivity index (χ1n) is 6.18. The Kier molecular flexibility index (Phi) is 4.75. The van der Waals surface area contributed by atoms with Gasteiger partial charge in [-0.1, -0.05) is 30.0 Å². The maximum Gasteiger partial charge on any atom is 0.246 e. The van der Waals surface area contributed by atoms with Crippen molar-refractivity contribution in [3.63, 3.8) is 0 Å². The molecule has 110 valence electrons. The molecule has 0 aliphatic rings. The van der Waals surface area contributed by atoms with Crippen LogP contribution in [-0.2, 0) is 16.6 Å². The van der Waals surface area contributed by atoms with Crippen molar-refractivity contribution in [2.24, 2.45) is 0 Å². The molecule has 0 saturated carbocycles. The topological polar surface area (TPSA) is 86.3 Å². The zero-order chi connectivity index (χ0) is 15.3. The molecule has 2 N–H and O–H groups in total. The van der Waals surface area contributed by atoms with Gasteiger partial charge in [-0.3, -0.25) is 5.10 Å². The van der Waals surface area contributed by atoms with Crippen LogP contribution < -0.4 is 0 Å². The van der Waals surface area contributed by atoms with Crippen molar-refractivity contribution < 1.29 is 13.5 Å².